The number of aromatic nitrogens is 1. The fourth-order valence-electron chi connectivity index (χ4n) is 1.75. The lowest BCUT2D eigenvalue weighted by Gasteiger charge is -2.19. The second-order valence-electron chi connectivity index (χ2n) is 4.37. The zero-order valence-electron chi connectivity index (χ0n) is 11.4. The molecule has 5 nitrogen and oxygen atoms in total. The summed E-state index contributed by atoms with van der Waals surface area (Å²) in [6.45, 7) is 1.73. The Labute approximate surface area is 122 Å². The maximum Gasteiger partial charge on any atom is 0.268 e. The highest BCUT2D eigenvalue weighted by Crippen LogP contribution is 2.23. The number of hydrogen-bond donors (Lipinski definition) is 0. The Morgan fingerprint density at radius 1 is 1.29 bits per heavy atom. The van der Waals surface area contributed by atoms with Gasteiger partial charge in [0.1, 0.15) is 16.5 Å². The van der Waals surface area contributed by atoms with Gasteiger partial charge in [0, 0.05) is 12.7 Å². The summed E-state index contributed by atoms with van der Waals surface area (Å²) in [4.78, 5) is 3.61. The van der Waals surface area contributed by atoms with Gasteiger partial charge in [-0.1, -0.05) is 6.07 Å². The van der Waals surface area contributed by atoms with Crippen LogP contribution in [0.25, 0.3) is 0 Å². The van der Waals surface area contributed by atoms with Crippen LogP contribution in [-0.4, -0.2) is 20.4 Å². The number of nitrogens with zero attached hydrogens (tertiary/aromatic N) is 3. The van der Waals surface area contributed by atoms with E-state index in [1.807, 2.05) is 0 Å². The van der Waals surface area contributed by atoms with Crippen LogP contribution in [0.15, 0.2) is 41.3 Å². The van der Waals surface area contributed by atoms with Crippen molar-refractivity contribution in [3.8, 4) is 6.07 Å². The lowest BCUT2D eigenvalue weighted by Crippen LogP contribution is -2.28. The summed E-state index contributed by atoms with van der Waals surface area (Å²) in [5.41, 5.74) is 0.706. The Balaban J connectivity index is 2.50. The molecule has 0 aliphatic carbocycles. The summed E-state index contributed by atoms with van der Waals surface area (Å²) < 4.78 is 39.7. The van der Waals surface area contributed by atoms with E-state index in [1.165, 1.54) is 19.2 Å². The second-order valence-corrected chi connectivity index (χ2v) is 6.30. The van der Waals surface area contributed by atoms with Gasteiger partial charge in [-0.15, -0.1) is 0 Å². The Morgan fingerprint density at radius 3 is 2.57 bits per heavy atom. The fourth-order valence-corrected chi connectivity index (χ4v) is 2.94. The van der Waals surface area contributed by atoms with Crippen LogP contribution in [0.2, 0.25) is 0 Å². The molecule has 1 heterocycles. The molecule has 0 fully saturated rings. The number of sulfonamides is 1. The van der Waals surface area contributed by atoms with Crippen LogP contribution in [0.4, 0.5) is 10.2 Å². The largest absolute Gasteiger partial charge is 0.268 e. The fraction of sp³-hybridized carbons (Fsp3) is 0.143. The van der Waals surface area contributed by atoms with Gasteiger partial charge in [-0.25, -0.2) is 17.8 Å². The molecule has 0 bridgehead atoms. The van der Waals surface area contributed by atoms with Crippen LogP contribution in [-0.2, 0) is 10.0 Å². The maximum atomic E-state index is 13.9. The Bertz CT molecular complexity index is 828. The number of aryl methyl sites for hydroxylation is 1. The van der Waals surface area contributed by atoms with Crippen molar-refractivity contribution in [1.29, 1.82) is 5.26 Å². The van der Waals surface area contributed by atoms with Gasteiger partial charge >= 0.3 is 0 Å². The van der Waals surface area contributed by atoms with Gasteiger partial charge in [-0.3, -0.25) is 4.31 Å². The van der Waals surface area contributed by atoms with E-state index < -0.39 is 20.7 Å². The minimum Gasteiger partial charge on any atom is -0.253 e. The first-order valence-corrected chi connectivity index (χ1v) is 7.42. The average Bonchev–Trinajstić information content (AvgIpc) is 2.45. The molecule has 108 valence electrons. The molecule has 0 spiro atoms. The number of rotatable bonds is 3. The van der Waals surface area contributed by atoms with Gasteiger partial charge in [-0.05, 0) is 37.3 Å². The lowest BCUT2D eigenvalue weighted by atomic mass is 10.2. The molecule has 0 atom stereocenters. The van der Waals surface area contributed by atoms with Crippen molar-refractivity contribution in [2.75, 3.05) is 11.4 Å². The quantitative estimate of drug-likeness (QED) is 0.871. The van der Waals surface area contributed by atoms with Crippen molar-refractivity contribution < 1.29 is 12.8 Å². The minimum absolute atomic E-state index is 0.0581. The second kappa shape index (κ2) is 5.50. The van der Waals surface area contributed by atoms with E-state index in [4.69, 9.17) is 5.26 Å². The molecule has 21 heavy (non-hydrogen) atoms. The summed E-state index contributed by atoms with van der Waals surface area (Å²) in [5.74, 6) is -0.771. The van der Waals surface area contributed by atoms with E-state index in [2.05, 4.69) is 4.98 Å². The van der Waals surface area contributed by atoms with Crippen molar-refractivity contribution >= 4 is 15.8 Å². The third-order valence-corrected chi connectivity index (χ3v) is 4.69. The molecule has 0 aliphatic heterocycles. The molecule has 2 rings (SSSR count). The number of nitriles is 1. The Kier molecular flexibility index (Phi) is 3.91. The lowest BCUT2D eigenvalue weighted by molar-refractivity contribution is 0.565. The molecular weight excluding hydrogens is 293 g/mol. The van der Waals surface area contributed by atoms with Gasteiger partial charge in [0.25, 0.3) is 10.0 Å². The molecule has 0 N–H and O–H groups in total. The van der Waals surface area contributed by atoms with Crippen LogP contribution in [0.5, 0.6) is 0 Å². The standard InChI is InChI=1S/C14H12FN3O2S/c1-10-4-3-5-14(17-10)18(2)21(19,20)13-7-6-11(9-16)8-12(13)15/h3-8H,1-2H3. The Morgan fingerprint density at radius 2 is 2.00 bits per heavy atom. The van der Waals surface area contributed by atoms with Gasteiger partial charge in [0.15, 0.2) is 0 Å². The van der Waals surface area contributed by atoms with E-state index in [9.17, 15) is 12.8 Å². The van der Waals surface area contributed by atoms with Crippen LogP contribution in [0.3, 0.4) is 0 Å². The molecule has 0 amide bonds. The van der Waals surface area contributed by atoms with E-state index in [1.54, 1.807) is 25.1 Å². The molecule has 1 aromatic carbocycles. The summed E-state index contributed by atoms with van der Waals surface area (Å²) in [7, 11) is -2.78. The monoisotopic (exact) mass is 305 g/mol. The number of benzene rings is 1. The third-order valence-electron chi connectivity index (χ3n) is 2.90. The van der Waals surface area contributed by atoms with Gasteiger partial charge < -0.3 is 0 Å². The first-order valence-electron chi connectivity index (χ1n) is 5.98. The topological polar surface area (TPSA) is 74.1 Å². The van der Waals surface area contributed by atoms with Crippen LogP contribution >= 0.6 is 0 Å². The highest BCUT2D eigenvalue weighted by atomic mass is 32.2. The smallest absolute Gasteiger partial charge is 0.253 e. The number of pyridine rings is 1. The van der Waals surface area contributed by atoms with Crippen molar-refractivity contribution in [3.05, 3.63) is 53.5 Å². The summed E-state index contributed by atoms with van der Waals surface area (Å²) in [6.07, 6.45) is 0. The zero-order chi connectivity index (χ0) is 15.6. The van der Waals surface area contributed by atoms with E-state index >= 15 is 0 Å². The predicted octanol–water partition coefficient (Wildman–Crippen LogP) is 2.23. The molecule has 0 unspecified atom stereocenters. The number of hydrogen-bond acceptors (Lipinski definition) is 4. The predicted molar refractivity (Wildman–Crippen MR) is 75.7 cm³/mol. The molecule has 0 saturated carbocycles. The van der Waals surface area contributed by atoms with Gasteiger partial charge in [-0.2, -0.15) is 5.26 Å². The first-order chi connectivity index (χ1) is 9.86. The molecule has 1 aromatic heterocycles. The normalized spacial score (nSPS) is 11.0. The van der Waals surface area contributed by atoms with Gasteiger partial charge in [0.2, 0.25) is 0 Å². The minimum atomic E-state index is -4.08. The van der Waals surface area contributed by atoms with E-state index in [0.717, 1.165) is 16.4 Å². The third kappa shape index (κ3) is 2.85. The van der Waals surface area contributed by atoms with Crippen molar-refractivity contribution in [3.63, 3.8) is 0 Å². The zero-order valence-corrected chi connectivity index (χ0v) is 12.2. The van der Waals surface area contributed by atoms with Crippen molar-refractivity contribution in [2.45, 2.75) is 11.8 Å². The first kappa shape index (κ1) is 14.9. The van der Waals surface area contributed by atoms with Crippen molar-refractivity contribution in [2.24, 2.45) is 0 Å². The van der Waals surface area contributed by atoms with Crippen molar-refractivity contribution in [1.82, 2.24) is 4.98 Å². The summed E-state index contributed by atoms with van der Waals surface area (Å²) in [6, 6.07) is 9.90. The van der Waals surface area contributed by atoms with E-state index in [0.29, 0.717) is 5.69 Å². The summed E-state index contributed by atoms with van der Waals surface area (Å²) >= 11 is 0. The molecule has 2 aromatic rings. The molecular formula is C14H12FN3O2S. The summed E-state index contributed by atoms with van der Waals surface area (Å²) in [5, 5.41) is 8.69. The highest BCUT2D eigenvalue weighted by Gasteiger charge is 2.25. The highest BCUT2D eigenvalue weighted by molar-refractivity contribution is 7.92. The van der Waals surface area contributed by atoms with Gasteiger partial charge in [0.05, 0.1) is 11.6 Å². The molecule has 7 heteroatoms. The molecule has 0 radical (unpaired) electrons. The average molecular weight is 305 g/mol. The number of anilines is 1. The number of halogens is 1. The molecule has 0 saturated heterocycles. The SMILES string of the molecule is Cc1cccc(N(C)S(=O)(=O)c2ccc(C#N)cc2F)n1. The van der Waals surface area contributed by atoms with E-state index in [-0.39, 0.29) is 11.4 Å². The molecule has 0 aliphatic rings. The van der Waals surface area contributed by atoms with Crippen LogP contribution < -0.4 is 4.31 Å². The van der Waals surface area contributed by atoms with Crippen LogP contribution in [0.1, 0.15) is 11.3 Å². The maximum absolute atomic E-state index is 13.9. The Hall–Kier alpha value is -2.46. The van der Waals surface area contributed by atoms with Crippen LogP contribution in [0, 0.1) is 24.1 Å².